The standard InChI is InChI=1S/C17H23N3O/c1-13(18)11-15-12-14-5-2-3-6-16(14)19-17(15)20-7-4-9-21-10-8-20/h2-3,5-6,12-13H,4,7-11,18H2,1H3. The number of aromatic nitrogens is 1. The Morgan fingerprint density at radius 1 is 1.29 bits per heavy atom. The summed E-state index contributed by atoms with van der Waals surface area (Å²) in [5, 5.41) is 1.18. The van der Waals surface area contributed by atoms with Crippen LogP contribution in [0.2, 0.25) is 0 Å². The highest BCUT2D eigenvalue weighted by molar-refractivity contribution is 5.81. The number of hydrogen-bond donors (Lipinski definition) is 1. The lowest BCUT2D eigenvalue weighted by molar-refractivity contribution is 0.152. The molecule has 2 N–H and O–H groups in total. The zero-order valence-electron chi connectivity index (χ0n) is 12.6. The number of para-hydroxylation sites is 1. The summed E-state index contributed by atoms with van der Waals surface area (Å²) in [7, 11) is 0. The molecule has 1 atom stereocenters. The third kappa shape index (κ3) is 3.34. The SMILES string of the molecule is CC(N)Cc1cc2ccccc2nc1N1CCCOCC1. The van der Waals surface area contributed by atoms with Crippen LogP contribution in [0.3, 0.4) is 0 Å². The lowest BCUT2D eigenvalue weighted by Crippen LogP contribution is -2.29. The van der Waals surface area contributed by atoms with Crippen molar-refractivity contribution in [2.45, 2.75) is 25.8 Å². The van der Waals surface area contributed by atoms with Gasteiger partial charge in [0.15, 0.2) is 0 Å². The first-order valence-corrected chi connectivity index (χ1v) is 7.71. The molecule has 1 aromatic heterocycles. The van der Waals surface area contributed by atoms with Gasteiger partial charge in [-0.2, -0.15) is 0 Å². The fraction of sp³-hybridized carbons (Fsp3) is 0.471. The Labute approximate surface area is 125 Å². The minimum atomic E-state index is 0.134. The summed E-state index contributed by atoms with van der Waals surface area (Å²) in [6, 6.07) is 10.7. The topological polar surface area (TPSA) is 51.4 Å². The molecule has 0 radical (unpaired) electrons. The number of fused-ring (bicyclic) bond motifs is 1. The van der Waals surface area contributed by atoms with Crippen LogP contribution >= 0.6 is 0 Å². The summed E-state index contributed by atoms with van der Waals surface area (Å²) in [5.74, 6) is 1.08. The van der Waals surface area contributed by atoms with Crippen LogP contribution in [0.1, 0.15) is 18.9 Å². The van der Waals surface area contributed by atoms with E-state index in [1.54, 1.807) is 0 Å². The number of hydrogen-bond acceptors (Lipinski definition) is 4. The number of nitrogens with two attached hydrogens (primary N) is 1. The molecule has 4 heteroatoms. The van der Waals surface area contributed by atoms with E-state index in [1.807, 2.05) is 13.0 Å². The second kappa shape index (κ2) is 6.41. The van der Waals surface area contributed by atoms with E-state index in [0.717, 1.165) is 50.5 Å². The van der Waals surface area contributed by atoms with Gasteiger partial charge in [-0.3, -0.25) is 0 Å². The number of benzene rings is 1. The lowest BCUT2D eigenvalue weighted by atomic mass is 10.0. The summed E-state index contributed by atoms with van der Waals surface area (Å²) in [5.41, 5.74) is 8.32. The number of rotatable bonds is 3. The Balaban J connectivity index is 2.03. The molecule has 112 valence electrons. The number of anilines is 1. The molecule has 2 aromatic rings. The molecule has 0 amide bonds. The molecular formula is C17H23N3O. The molecule has 3 rings (SSSR count). The van der Waals surface area contributed by atoms with Crippen molar-refractivity contribution in [2.24, 2.45) is 5.73 Å². The summed E-state index contributed by atoms with van der Waals surface area (Å²) in [6.07, 6.45) is 1.90. The molecule has 1 aliphatic rings. The Hall–Kier alpha value is -1.65. The predicted molar refractivity (Wildman–Crippen MR) is 86.7 cm³/mol. The maximum Gasteiger partial charge on any atom is 0.132 e. The highest BCUT2D eigenvalue weighted by atomic mass is 16.5. The van der Waals surface area contributed by atoms with Crippen molar-refractivity contribution in [3.05, 3.63) is 35.9 Å². The maximum absolute atomic E-state index is 6.03. The van der Waals surface area contributed by atoms with E-state index in [9.17, 15) is 0 Å². The second-order valence-electron chi connectivity index (χ2n) is 5.80. The molecule has 4 nitrogen and oxygen atoms in total. The van der Waals surface area contributed by atoms with Crippen molar-refractivity contribution in [3.63, 3.8) is 0 Å². The average Bonchev–Trinajstić information content (AvgIpc) is 2.75. The van der Waals surface area contributed by atoms with Crippen molar-refractivity contribution in [1.29, 1.82) is 0 Å². The monoisotopic (exact) mass is 285 g/mol. The molecular weight excluding hydrogens is 262 g/mol. The van der Waals surface area contributed by atoms with E-state index in [0.29, 0.717) is 0 Å². The molecule has 1 aromatic carbocycles. The van der Waals surface area contributed by atoms with Crippen LogP contribution in [0.4, 0.5) is 5.82 Å². The van der Waals surface area contributed by atoms with Gasteiger partial charge in [-0.25, -0.2) is 4.98 Å². The highest BCUT2D eigenvalue weighted by Crippen LogP contribution is 2.25. The van der Waals surface area contributed by atoms with Crippen molar-refractivity contribution in [1.82, 2.24) is 4.98 Å². The zero-order chi connectivity index (χ0) is 14.7. The van der Waals surface area contributed by atoms with Gasteiger partial charge in [0.2, 0.25) is 0 Å². The van der Waals surface area contributed by atoms with Gasteiger partial charge in [-0.1, -0.05) is 18.2 Å². The minimum absolute atomic E-state index is 0.134. The largest absolute Gasteiger partial charge is 0.380 e. The zero-order valence-corrected chi connectivity index (χ0v) is 12.6. The first-order chi connectivity index (χ1) is 10.2. The van der Waals surface area contributed by atoms with Crippen LogP contribution < -0.4 is 10.6 Å². The van der Waals surface area contributed by atoms with Crippen LogP contribution in [0.15, 0.2) is 30.3 Å². The third-order valence-corrected chi connectivity index (χ3v) is 3.84. The van der Waals surface area contributed by atoms with Crippen LogP contribution in [0.25, 0.3) is 10.9 Å². The van der Waals surface area contributed by atoms with Gasteiger partial charge in [-0.15, -0.1) is 0 Å². The van der Waals surface area contributed by atoms with Crippen molar-refractivity contribution >= 4 is 16.7 Å². The second-order valence-corrected chi connectivity index (χ2v) is 5.80. The molecule has 2 heterocycles. The molecule has 0 aliphatic carbocycles. The van der Waals surface area contributed by atoms with Crippen molar-refractivity contribution < 1.29 is 4.74 Å². The molecule has 1 fully saturated rings. The number of pyridine rings is 1. The smallest absolute Gasteiger partial charge is 0.132 e. The quantitative estimate of drug-likeness (QED) is 0.940. The van der Waals surface area contributed by atoms with Crippen molar-refractivity contribution in [3.8, 4) is 0 Å². The Kier molecular flexibility index (Phi) is 4.36. The van der Waals surface area contributed by atoms with Gasteiger partial charge >= 0.3 is 0 Å². The molecule has 0 spiro atoms. The van der Waals surface area contributed by atoms with Crippen LogP contribution in [-0.2, 0) is 11.2 Å². The average molecular weight is 285 g/mol. The molecule has 21 heavy (non-hydrogen) atoms. The third-order valence-electron chi connectivity index (χ3n) is 3.84. The Bertz CT molecular complexity index is 604. The fourth-order valence-corrected chi connectivity index (χ4v) is 2.88. The van der Waals surface area contributed by atoms with E-state index in [2.05, 4.69) is 29.2 Å². The summed E-state index contributed by atoms with van der Waals surface area (Å²) in [4.78, 5) is 7.25. The minimum Gasteiger partial charge on any atom is -0.380 e. The van der Waals surface area contributed by atoms with Gasteiger partial charge in [0.1, 0.15) is 5.82 Å². The van der Waals surface area contributed by atoms with E-state index < -0.39 is 0 Å². The van der Waals surface area contributed by atoms with E-state index in [4.69, 9.17) is 15.5 Å². The number of nitrogens with zero attached hydrogens (tertiary/aromatic N) is 2. The van der Waals surface area contributed by atoms with Crippen LogP contribution in [0.5, 0.6) is 0 Å². The van der Waals surface area contributed by atoms with Crippen LogP contribution in [-0.4, -0.2) is 37.3 Å². The summed E-state index contributed by atoms with van der Waals surface area (Å²) >= 11 is 0. The highest BCUT2D eigenvalue weighted by Gasteiger charge is 2.17. The van der Waals surface area contributed by atoms with E-state index in [1.165, 1.54) is 10.9 Å². The van der Waals surface area contributed by atoms with Gasteiger partial charge in [-0.05, 0) is 37.5 Å². The first-order valence-electron chi connectivity index (χ1n) is 7.71. The molecule has 0 bridgehead atoms. The summed E-state index contributed by atoms with van der Waals surface area (Å²) in [6.45, 7) is 5.55. The molecule has 1 unspecified atom stereocenters. The Morgan fingerprint density at radius 3 is 3.00 bits per heavy atom. The molecule has 0 saturated carbocycles. The molecule has 1 saturated heterocycles. The molecule has 1 aliphatic heterocycles. The number of ether oxygens (including phenoxy) is 1. The van der Waals surface area contributed by atoms with Gasteiger partial charge in [0, 0.05) is 31.1 Å². The maximum atomic E-state index is 6.03. The van der Waals surface area contributed by atoms with E-state index in [-0.39, 0.29) is 6.04 Å². The van der Waals surface area contributed by atoms with Gasteiger partial charge in [0.25, 0.3) is 0 Å². The van der Waals surface area contributed by atoms with Gasteiger partial charge in [0.05, 0.1) is 12.1 Å². The van der Waals surface area contributed by atoms with Gasteiger partial charge < -0.3 is 15.4 Å². The fourth-order valence-electron chi connectivity index (χ4n) is 2.88. The Morgan fingerprint density at radius 2 is 2.14 bits per heavy atom. The first kappa shape index (κ1) is 14.3. The van der Waals surface area contributed by atoms with E-state index >= 15 is 0 Å². The normalized spacial score (nSPS) is 17.7. The van der Waals surface area contributed by atoms with Crippen molar-refractivity contribution in [2.75, 3.05) is 31.2 Å². The lowest BCUT2D eigenvalue weighted by Gasteiger charge is -2.24. The summed E-state index contributed by atoms with van der Waals surface area (Å²) < 4.78 is 5.56. The van der Waals surface area contributed by atoms with Crippen LogP contribution in [0, 0.1) is 0 Å². The predicted octanol–water partition coefficient (Wildman–Crippen LogP) is 2.35.